The number of carbonyl (C=O) groups is 2. The van der Waals surface area contributed by atoms with Crippen molar-refractivity contribution in [2.75, 3.05) is 26.8 Å². The van der Waals surface area contributed by atoms with Crippen molar-refractivity contribution >= 4 is 22.9 Å². The first-order chi connectivity index (χ1) is 11.0. The molecule has 0 radical (unpaired) electrons. The second-order valence-corrected chi connectivity index (χ2v) is 5.12. The number of amides is 1. The molecule has 124 valence electrons. The molecule has 0 saturated heterocycles. The van der Waals surface area contributed by atoms with E-state index in [1.807, 2.05) is 6.07 Å². The molecule has 0 fully saturated rings. The van der Waals surface area contributed by atoms with Crippen LogP contribution in [0.15, 0.2) is 29.1 Å². The van der Waals surface area contributed by atoms with Crippen LogP contribution < -0.4 is 5.69 Å². The zero-order valence-electron chi connectivity index (χ0n) is 13.1. The minimum atomic E-state index is -1.11. The summed E-state index contributed by atoms with van der Waals surface area (Å²) in [4.78, 5) is 36.8. The molecule has 1 aromatic carbocycles. The van der Waals surface area contributed by atoms with Crippen LogP contribution in [-0.4, -0.2) is 57.8 Å². The van der Waals surface area contributed by atoms with Gasteiger partial charge in [0.2, 0.25) is 5.91 Å². The third-order valence-electron chi connectivity index (χ3n) is 3.59. The summed E-state index contributed by atoms with van der Waals surface area (Å²) in [7, 11) is 3.10. The van der Waals surface area contributed by atoms with Crippen LogP contribution in [0.2, 0.25) is 0 Å². The standard InChI is InChI=1S/C15H19N3O5/c1-16-11-5-3-4-6-12(11)18(15(16)22)9-13(19)17(7-8-23-2)10-14(20)21/h3-6H,7-10H2,1-2H3,(H,20,21). The maximum Gasteiger partial charge on any atom is 0.329 e. The lowest BCUT2D eigenvalue weighted by Gasteiger charge is -2.20. The van der Waals surface area contributed by atoms with Crippen LogP contribution in [0.25, 0.3) is 11.0 Å². The minimum Gasteiger partial charge on any atom is -0.480 e. The highest BCUT2D eigenvalue weighted by Crippen LogP contribution is 2.11. The Morgan fingerprint density at radius 2 is 1.91 bits per heavy atom. The fraction of sp³-hybridized carbons (Fsp3) is 0.400. The highest BCUT2D eigenvalue weighted by molar-refractivity contribution is 5.83. The molecule has 0 unspecified atom stereocenters. The third kappa shape index (κ3) is 3.59. The molecule has 0 aliphatic heterocycles. The first-order valence-corrected chi connectivity index (χ1v) is 7.08. The predicted octanol–water partition coefficient (Wildman–Crippen LogP) is -0.100. The summed E-state index contributed by atoms with van der Waals surface area (Å²) >= 11 is 0. The van der Waals surface area contributed by atoms with Crippen LogP contribution in [0.4, 0.5) is 0 Å². The lowest BCUT2D eigenvalue weighted by molar-refractivity contribution is -0.145. The first kappa shape index (κ1) is 16.8. The lowest BCUT2D eigenvalue weighted by Crippen LogP contribution is -2.41. The Labute approximate surface area is 132 Å². The second kappa shape index (κ2) is 7.10. The van der Waals surface area contributed by atoms with E-state index in [1.54, 1.807) is 25.2 Å². The fourth-order valence-electron chi connectivity index (χ4n) is 2.41. The third-order valence-corrected chi connectivity index (χ3v) is 3.59. The lowest BCUT2D eigenvalue weighted by atomic mass is 10.3. The van der Waals surface area contributed by atoms with Crippen molar-refractivity contribution < 1.29 is 19.4 Å². The molecule has 0 saturated carbocycles. The number of carbonyl (C=O) groups excluding carboxylic acids is 1. The average Bonchev–Trinajstić information content (AvgIpc) is 2.76. The number of aryl methyl sites for hydroxylation is 1. The summed E-state index contributed by atoms with van der Waals surface area (Å²) < 4.78 is 7.70. The summed E-state index contributed by atoms with van der Waals surface area (Å²) in [5, 5.41) is 8.92. The van der Waals surface area contributed by atoms with Gasteiger partial charge in [0.15, 0.2) is 0 Å². The Morgan fingerprint density at radius 3 is 2.52 bits per heavy atom. The highest BCUT2D eigenvalue weighted by atomic mass is 16.5. The number of aliphatic carboxylic acids is 1. The molecule has 1 aromatic heterocycles. The number of rotatable bonds is 7. The summed E-state index contributed by atoms with van der Waals surface area (Å²) in [6.07, 6.45) is 0. The van der Waals surface area contributed by atoms with E-state index in [1.165, 1.54) is 21.1 Å². The Bertz CT molecular complexity index is 777. The zero-order valence-corrected chi connectivity index (χ0v) is 13.1. The summed E-state index contributed by atoms with van der Waals surface area (Å²) in [5.41, 5.74) is 1.03. The smallest absolute Gasteiger partial charge is 0.329 e. The summed E-state index contributed by atoms with van der Waals surface area (Å²) in [5.74, 6) is -1.55. The molecule has 1 N–H and O–H groups in total. The number of fused-ring (bicyclic) bond motifs is 1. The number of ether oxygens (including phenoxy) is 1. The van der Waals surface area contributed by atoms with Gasteiger partial charge in [-0.3, -0.25) is 18.7 Å². The SMILES string of the molecule is COCCN(CC(=O)O)C(=O)Cn1c(=O)n(C)c2ccccc21. The van der Waals surface area contributed by atoms with E-state index < -0.39 is 18.4 Å². The topological polar surface area (TPSA) is 93.8 Å². The number of nitrogens with zero attached hydrogens (tertiary/aromatic N) is 3. The number of hydrogen-bond acceptors (Lipinski definition) is 4. The number of aromatic nitrogens is 2. The van der Waals surface area contributed by atoms with E-state index in [4.69, 9.17) is 9.84 Å². The normalized spacial score (nSPS) is 10.9. The number of methoxy groups -OCH3 is 1. The van der Waals surface area contributed by atoms with E-state index in [9.17, 15) is 14.4 Å². The molecule has 2 aromatic rings. The van der Waals surface area contributed by atoms with Crippen molar-refractivity contribution in [3.63, 3.8) is 0 Å². The van der Waals surface area contributed by atoms with Gasteiger partial charge < -0.3 is 14.7 Å². The van der Waals surface area contributed by atoms with Crippen molar-refractivity contribution in [2.45, 2.75) is 6.54 Å². The van der Waals surface area contributed by atoms with Crippen molar-refractivity contribution in [2.24, 2.45) is 7.05 Å². The van der Waals surface area contributed by atoms with Crippen molar-refractivity contribution in [3.05, 3.63) is 34.7 Å². The average molecular weight is 321 g/mol. The molecule has 0 bridgehead atoms. The minimum absolute atomic E-state index is 0.154. The van der Waals surface area contributed by atoms with E-state index in [2.05, 4.69) is 0 Å². The van der Waals surface area contributed by atoms with Crippen molar-refractivity contribution in [1.29, 1.82) is 0 Å². The molecular formula is C15H19N3O5. The van der Waals surface area contributed by atoms with Gasteiger partial charge in [-0.05, 0) is 12.1 Å². The zero-order chi connectivity index (χ0) is 17.0. The van der Waals surface area contributed by atoms with E-state index in [0.717, 1.165) is 0 Å². The highest BCUT2D eigenvalue weighted by Gasteiger charge is 2.19. The van der Waals surface area contributed by atoms with Gasteiger partial charge >= 0.3 is 11.7 Å². The molecular weight excluding hydrogens is 302 g/mol. The Morgan fingerprint density at radius 1 is 1.26 bits per heavy atom. The van der Waals surface area contributed by atoms with Gasteiger partial charge in [-0.2, -0.15) is 0 Å². The fourth-order valence-corrected chi connectivity index (χ4v) is 2.41. The van der Waals surface area contributed by atoms with Crippen LogP contribution in [0.3, 0.4) is 0 Å². The number of para-hydroxylation sites is 2. The van der Waals surface area contributed by atoms with Crippen LogP contribution in [-0.2, 0) is 27.9 Å². The summed E-state index contributed by atoms with van der Waals surface area (Å²) in [6, 6.07) is 7.13. The first-order valence-electron chi connectivity index (χ1n) is 7.08. The monoisotopic (exact) mass is 321 g/mol. The van der Waals surface area contributed by atoms with Gasteiger partial charge in [0, 0.05) is 20.7 Å². The Balaban J connectivity index is 2.29. The molecule has 1 heterocycles. The van der Waals surface area contributed by atoms with Crippen molar-refractivity contribution in [3.8, 4) is 0 Å². The van der Waals surface area contributed by atoms with E-state index >= 15 is 0 Å². The van der Waals surface area contributed by atoms with Crippen LogP contribution in [0, 0.1) is 0 Å². The van der Waals surface area contributed by atoms with Gasteiger partial charge in [0.1, 0.15) is 13.1 Å². The van der Waals surface area contributed by atoms with Crippen molar-refractivity contribution in [1.82, 2.24) is 14.0 Å². The number of hydrogen-bond donors (Lipinski definition) is 1. The Kier molecular flexibility index (Phi) is 5.17. The second-order valence-electron chi connectivity index (χ2n) is 5.12. The number of imidazole rings is 1. The molecule has 23 heavy (non-hydrogen) atoms. The Hall–Kier alpha value is -2.61. The predicted molar refractivity (Wildman–Crippen MR) is 83.3 cm³/mol. The van der Waals surface area contributed by atoms with Crippen LogP contribution in [0.1, 0.15) is 0 Å². The molecule has 0 atom stereocenters. The number of carboxylic acid groups (broad SMARTS) is 1. The summed E-state index contributed by atoms with van der Waals surface area (Å²) in [6.45, 7) is -0.260. The molecule has 0 aliphatic carbocycles. The van der Waals surface area contributed by atoms with Gasteiger partial charge in [0.25, 0.3) is 0 Å². The van der Waals surface area contributed by atoms with E-state index in [-0.39, 0.29) is 25.4 Å². The molecule has 0 aliphatic rings. The van der Waals surface area contributed by atoms with Crippen LogP contribution >= 0.6 is 0 Å². The largest absolute Gasteiger partial charge is 0.480 e. The molecule has 0 spiro atoms. The maximum absolute atomic E-state index is 12.4. The molecule has 8 heteroatoms. The molecule has 1 amide bonds. The van der Waals surface area contributed by atoms with Gasteiger partial charge in [-0.1, -0.05) is 12.1 Å². The maximum atomic E-state index is 12.4. The number of benzene rings is 1. The van der Waals surface area contributed by atoms with Gasteiger partial charge in [0.05, 0.1) is 17.6 Å². The molecule has 2 rings (SSSR count). The van der Waals surface area contributed by atoms with Crippen LogP contribution in [0.5, 0.6) is 0 Å². The van der Waals surface area contributed by atoms with E-state index in [0.29, 0.717) is 11.0 Å². The van der Waals surface area contributed by atoms with Gasteiger partial charge in [-0.15, -0.1) is 0 Å². The quantitative estimate of drug-likeness (QED) is 0.768. The number of carboxylic acids is 1. The molecule has 8 nitrogen and oxygen atoms in total. The van der Waals surface area contributed by atoms with Gasteiger partial charge in [-0.25, -0.2) is 4.79 Å².